The van der Waals surface area contributed by atoms with Gasteiger partial charge in [0.2, 0.25) is 5.91 Å². The molecule has 4 aromatic rings. The highest BCUT2D eigenvalue weighted by atomic mass is 19.3. The van der Waals surface area contributed by atoms with Gasteiger partial charge in [-0.3, -0.25) is 9.78 Å². The first-order chi connectivity index (χ1) is 19.7. The van der Waals surface area contributed by atoms with E-state index in [1.165, 1.54) is 10.9 Å². The highest BCUT2D eigenvalue weighted by molar-refractivity contribution is 5.80. The number of nitrogens with one attached hydrogen (secondary N) is 2. The highest BCUT2D eigenvalue weighted by Crippen LogP contribution is 2.35. The van der Waals surface area contributed by atoms with Gasteiger partial charge in [0, 0.05) is 30.0 Å². The van der Waals surface area contributed by atoms with Crippen molar-refractivity contribution in [1.82, 2.24) is 39.8 Å². The third-order valence-electron chi connectivity index (χ3n) is 7.24. The SMILES string of the molecule is N#Cc1cnn2c(-c3cc(N[C@H]4C[C@H](CNC(=O)O)C4)c(-c4cn(CC(=O)N5CC(F)(F)C5)nn4)cn3)ccc2c1. The molecule has 1 saturated heterocycles. The summed E-state index contributed by atoms with van der Waals surface area (Å²) in [6.45, 7) is -1.04. The maximum absolute atomic E-state index is 13.2. The Balaban J connectivity index is 1.26. The Hall–Kier alpha value is -5.13. The highest BCUT2D eigenvalue weighted by Gasteiger charge is 2.46. The van der Waals surface area contributed by atoms with E-state index in [1.807, 2.05) is 18.2 Å². The zero-order chi connectivity index (χ0) is 28.7. The molecule has 2 aliphatic rings. The van der Waals surface area contributed by atoms with Crippen LogP contribution in [-0.2, 0) is 11.3 Å². The third-order valence-corrected chi connectivity index (χ3v) is 7.24. The number of aromatic nitrogens is 6. The Labute approximate surface area is 231 Å². The predicted octanol–water partition coefficient (Wildman–Crippen LogP) is 2.46. The summed E-state index contributed by atoms with van der Waals surface area (Å²) in [5.74, 6) is -3.11. The lowest BCUT2D eigenvalue weighted by atomic mass is 9.80. The quantitative estimate of drug-likeness (QED) is 0.292. The van der Waals surface area contributed by atoms with Gasteiger partial charge in [0.15, 0.2) is 0 Å². The van der Waals surface area contributed by atoms with Crippen molar-refractivity contribution in [3.8, 4) is 28.7 Å². The summed E-state index contributed by atoms with van der Waals surface area (Å²) in [5, 5.41) is 36.6. The van der Waals surface area contributed by atoms with Gasteiger partial charge in [0.1, 0.15) is 18.3 Å². The maximum Gasteiger partial charge on any atom is 0.404 e. The molecule has 1 aliphatic carbocycles. The van der Waals surface area contributed by atoms with Crippen LogP contribution in [0, 0.1) is 17.2 Å². The number of hydrogen-bond acceptors (Lipinski definition) is 8. The molecule has 0 bridgehead atoms. The summed E-state index contributed by atoms with van der Waals surface area (Å²) in [6, 6.07) is 9.43. The minimum absolute atomic E-state index is 0.0784. The number of carbonyl (C=O) groups is 2. The first kappa shape index (κ1) is 26.1. The monoisotopic (exact) mass is 562 g/mol. The fourth-order valence-corrected chi connectivity index (χ4v) is 5.07. The molecule has 1 aliphatic heterocycles. The summed E-state index contributed by atoms with van der Waals surface area (Å²) in [6.07, 6.45) is 5.13. The van der Waals surface area contributed by atoms with E-state index in [0.717, 1.165) is 23.3 Å². The molecule has 15 heteroatoms. The maximum atomic E-state index is 13.2. The summed E-state index contributed by atoms with van der Waals surface area (Å²) in [7, 11) is 0. The number of likely N-dealkylation sites (tertiary alicyclic amines) is 1. The van der Waals surface area contributed by atoms with E-state index < -0.39 is 31.0 Å². The standard InChI is InChI=1S/C26H24F2N10O3/c27-26(28)13-36(14-26)24(39)12-37-11-22(34-35-37)19-10-30-21(23-2-1-18-5-16(7-29)9-32-38(18)23)6-20(19)33-17-3-15(4-17)8-31-25(40)41/h1-2,5-6,9-11,15,17,31H,3-4,8,12-14H2,(H,30,33)(H,40,41)/t15-,17-. The first-order valence-electron chi connectivity index (χ1n) is 12.9. The predicted molar refractivity (Wildman–Crippen MR) is 140 cm³/mol. The molecule has 0 unspecified atom stereocenters. The van der Waals surface area contributed by atoms with Gasteiger partial charge < -0.3 is 20.6 Å². The average Bonchev–Trinajstić information content (AvgIpc) is 3.54. The molecule has 2 fully saturated rings. The van der Waals surface area contributed by atoms with Crippen LogP contribution in [0.1, 0.15) is 18.4 Å². The molecule has 0 radical (unpaired) electrons. The van der Waals surface area contributed by atoms with Gasteiger partial charge in [-0.1, -0.05) is 5.21 Å². The molecular formula is C26H24F2N10O3. The largest absolute Gasteiger partial charge is 0.465 e. The van der Waals surface area contributed by atoms with Crippen LogP contribution in [0.3, 0.4) is 0 Å². The molecule has 0 spiro atoms. The zero-order valence-electron chi connectivity index (χ0n) is 21.5. The second kappa shape index (κ2) is 10.1. The van der Waals surface area contributed by atoms with Gasteiger partial charge in [-0.05, 0) is 43.0 Å². The smallest absolute Gasteiger partial charge is 0.404 e. The van der Waals surface area contributed by atoms with Crippen molar-refractivity contribution in [2.24, 2.45) is 5.92 Å². The van der Waals surface area contributed by atoms with E-state index in [4.69, 9.17) is 5.11 Å². The normalized spacial score (nSPS) is 19.2. The number of halogens is 2. The van der Waals surface area contributed by atoms with Crippen LogP contribution in [0.15, 0.2) is 42.9 Å². The Morgan fingerprint density at radius 1 is 1.17 bits per heavy atom. The van der Waals surface area contributed by atoms with Crippen molar-refractivity contribution in [2.45, 2.75) is 31.4 Å². The molecule has 210 valence electrons. The van der Waals surface area contributed by atoms with Gasteiger partial charge in [-0.25, -0.2) is 22.8 Å². The molecule has 2 amide bonds. The lowest BCUT2D eigenvalue weighted by Gasteiger charge is -2.38. The number of hydrogen-bond donors (Lipinski definition) is 3. The van der Waals surface area contributed by atoms with Gasteiger partial charge in [0.25, 0.3) is 5.92 Å². The minimum atomic E-state index is -2.85. The molecular weight excluding hydrogens is 538 g/mol. The number of alkyl halides is 2. The average molecular weight is 563 g/mol. The van der Waals surface area contributed by atoms with Crippen molar-refractivity contribution >= 4 is 23.2 Å². The summed E-state index contributed by atoms with van der Waals surface area (Å²) in [4.78, 5) is 28.9. The van der Waals surface area contributed by atoms with Crippen molar-refractivity contribution in [3.63, 3.8) is 0 Å². The van der Waals surface area contributed by atoms with Crippen molar-refractivity contribution in [2.75, 3.05) is 25.0 Å². The topological polar surface area (TPSA) is 166 Å². The molecule has 41 heavy (non-hydrogen) atoms. The number of pyridine rings is 1. The Morgan fingerprint density at radius 2 is 1.98 bits per heavy atom. The molecule has 13 nitrogen and oxygen atoms in total. The summed E-state index contributed by atoms with van der Waals surface area (Å²) in [5.41, 5.74) is 4.25. The van der Waals surface area contributed by atoms with Crippen LogP contribution >= 0.6 is 0 Å². The lowest BCUT2D eigenvalue weighted by molar-refractivity contribution is -0.166. The fraction of sp³-hybridized carbons (Fsp3) is 0.346. The van der Waals surface area contributed by atoms with Gasteiger partial charge in [0.05, 0.1) is 48.0 Å². The summed E-state index contributed by atoms with van der Waals surface area (Å²) < 4.78 is 29.3. The number of carboxylic acid groups (broad SMARTS) is 1. The molecule has 0 atom stereocenters. The molecule has 5 heterocycles. The molecule has 3 N–H and O–H groups in total. The zero-order valence-corrected chi connectivity index (χ0v) is 21.5. The number of amides is 2. The second-order valence-corrected chi connectivity index (χ2v) is 10.3. The van der Waals surface area contributed by atoms with Crippen molar-refractivity contribution in [1.29, 1.82) is 5.26 Å². The second-order valence-electron chi connectivity index (χ2n) is 10.3. The number of carbonyl (C=O) groups excluding carboxylic acids is 1. The molecule has 1 saturated carbocycles. The van der Waals surface area contributed by atoms with Crippen LogP contribution in [0.2, 0.25) is 0 Å². The van der Waals surface area contributed by atoms with Crippen LogP contribution in [0.4, 0.5) is 19.3 Å². The number of nitriles is 1. The first-order valence-corrected chi connectivity index (χ1v) is 12.9. The molecule has 6 rings (SSSR count). The van der Waals surface area contributed by atoms with Gasteiger partial charge in [-0.2, -0.15) is 10.4 Å². The van der Waals surface area contributed by atoms with Crippen molar-refractivity contribution < 1.29 is 23.5 Å². The van der Waals surface area contributed by atoms with E-state index in [0.29, 0.717) is 40.4 Å². The van der Waals surface area contributed by atoms with Gasteiger partial charge in [-0.15, -0.1) is 5.10 Å². The number of fused-ring (bicyclic) bond motifs is 1. The van der Waals surface area contributed by atoms with Crippen molar-refractivity contribution in [3.05, 3.63) is 48.4 Å². The number of rotatable bonds is 8. The molecule has 4 aromatic heterocycles. The number of anilines is 1. The van der Waals surface area contributed by atoms with Crippen LogP contribution in [-0.4, -0.2) is 83.2 Å². The lowest BCUT2D eigenvalue weighted by Crippen LogP contribution is -2.59. The van der Waals surface area contributed by atoms with E-state index in [9.17, 15) is 23.6 Å². The minimum Gasteiger partial charge on any atom is -0.465 e. The van der Waals surface area contributed by atoms with E-state index in [-0.39, 0.29) is 18.5 Å². The molecule has 0 aromatic carbocycles. The summed E-state index contributed by atoms with van der Waals surface area (Å²) >= 11 is 0. The third kappa shape index (κ3) is 5.36. The number of nitrogens with zero attached hydrogens (tertiary/aromatic N) is 8. The van der Waals surface area contributed by atoms with Crippen LogP contribution < -0.4 is 10.6 Å². The van der Waals surface area contributed by atoms with Crippen LogP contribution in [0.5, 0.6) is 0 Å². The van der Waals surface area contributed by atoms with E-state index >= 15 is 0 Å². The Morgan fingerprint density at radius 3 is 2.71 bits per heavy atom. The van der Waals surface area contributed by atoms with E-state index in [1.54, 1.807) is 23.0 Å². The van der Waals surface area contributed by atoms with Gasteiger partial charge >= 0.3 is 6.09 Å². The fourth-order valence-electron chi connectivity index (χ4n) is 5.07. The van der Waals surface area contributed by atoms with Crippen LogP contribution in [0.25, 0.3) is 28.2 Å². The van der Waals surface area contributed by atoms with E-state index in [2.05, 4.69) is 37.1 Å². The Bertz CT molecular complexity index is 1680. The Kier molecular flexibility index (Phi) is 6.45.